The van der Waals surface area contributed by atoms with Crippen LogP contribution in [0.2, 0.25) is 0 Å². The van der Waals surface area contributed by atoms with Crippen LogP contribution < -0.4 is 0 Å². The molecule has 0 fully saturated rings. The van der Waals surface area contributed by atoms with Gasteiger partial charge < -0.3 is 5.11 Å². The normalized spacial score (nSPS) is 12.2. The van der Waals surface area contributed by atoms with E-state index in [1.54, 1.807) is 13.1 Å². The highest BCUT2D eigenvalue weighted by atomic mass is 16.3. The average molecular weight is 161 g/mol. The van der Waals surface area contributed by atoms with E-state index in [1.807, 2.05) is 30.3 Å². The van der Waals surface area contributed by atoms with E-state index >= 15 is 0 Å². The van der Waals surface area contributed by atoms with Crippen LogP contribution in [0.15, 0.2) is 47.3 Å². The second-order valence-corrected chi connectivity index (χ2v) is 2.46. The lowest BCUT2D eigenvalue weighted by Gasteiger charge is -1.88. The summed E-state index contributed by atoms with van der Waals surface area (Å²) in [7, 11) is 0. The molecule has 0 unspecified atom stereocenters. The molecule has 0 aliphatic rings. The molecular weight excluding hydrogens is 150 g/mol. The van der Waals surface area contributed by atoms with Gasteiger partial charge in [0.25, 0.3) is 0 Å². The third kappa shape index (κ3) is 3.01. The van der Waals surface area contributed by atoms with Gasteiger partial charge in [-0.25, -0.2) is 0 Å². The Balaban J connectivity index is 2.64. The van der Waals surface area contributed by atoms with Crippen LogP contribution in [0.4, 0.5) is 0 Å². The van der Waals surface area contributed by atoms with Crippen LogP contribution in [-0.2, 0) is 0 Å². The standard InChI is InChI=1S/C10H11NO/c1-9(12)7-11-8-10-5-3-2-4-6-10/h2-8,12H,1H3. The topological polar surface area (TPSA) is 32.6 Å². The van der Waals surface area contributed by atoms with Crippen LogP contribution in [0.5, 0.6) is 0 Å². The number of benzene rings is 1. The molecule has 2 heteroatoms. The summed E-state index contributed by atoms with van der Waals surface area (Å²) in [6.07, 6.45) is 3.10. The molecule has 1 rings (SSSR count). The van der Waals surface area contributed by atoms with Gasteiger partial charge >= 0.3 is 0 Å². The summed E-state index contributed by atoms with van der Waals surface area (Å²) in [6, 6.07) is 9.73. The first kappa shape index (κ1) is 8.53. The molecule has 12 heavy (non-hydrogen) atoms. The van der Waals surface area contributed by atoms with E-state index in [9.17, 15) is 0 Å². The van der Waals surface area contributed by atoms with Gasteiger partial charge in [-0.3, -0.25) is 4.99 Å². The summed E-state index contributed by atoms with van der Waals surface area (Å²) in [4.78, 5) is 3.90. The van der Waals surface area contributed by atoms with E-state index in [0.717, 1.165) is 5.56 Å². The molecule has 62 valence electrons. The van der Waals surface area contributed by atoms with Crippen LogP contribution in [0.1, 0.15) is 12.5 Å². The predicted octanol–water partition coefficient (Wildman–Crippen LogP) is 2.52. The number of aliphatic hydroxyl groups is 1. The van der Waals surface area contributed by atoms with Crippen molar-refractivity contribution in [3.63, 3.8) is 0 Å². The van der Waals surface area contributed by atoms with Crippen LogP contribution in [-0.4, -0.2) is 11.3 Å². The van der Waals surface area contributed by atoms with E-state index < -0.39 is 0 Å². The second-order valence-electron chi connectivity index (χ2n) is 2.46. The highest BCUT2D eigenvalue weighted by Gasteiger charge is 1.81. The second kappa shape index (κ2) is 4.34. The molecule has 0 aliphatic carbocycles. The number of hydrogen-bond donors (Lipinski definition) is 1. The zero-order valence-corrected chi connectivity index (χ0v) is 6.94. The van der Waals surface area contributed by atoms with Crippen molar-refractivity contribution in [2.24, 2.45) is 4.99 Å². The first-order valence-electron chi connectivity index (χ1n) is 3.73. The predicted molar refractivity (Wildman–Crippen MR) is 50.4 cm³/mol. The molecule has 0 aromatic heterocycles. The van der Waals surface area contributed by atoms with E-state index in [2.05, 4.69) is 4.99 Å². The first-order chi connectivity index (χ1) is 5.79. The Morgan fingerprint density at radius 3 is 2.58 bits per heavy atom. The Labute approximate surface area is 71.9 Å². The van der Waals surface area contributed by atoms with Crippen molar-refractivity contribution in [1.82, 2.24) is 0 Å². The Kier molecular flexibility index (Phi) is 3.08. The molecule has 0 saturated carbocycles. The molecule has 0 aliphatic heterocycles. The fourth-order valence-corrected chi connectivity index (χ4v) is 0.770. The van der Waals surface area contributed by atoms with Crippen LogP contribution in [0.25, 0.3) is 0 Å². The summed E-state index contributed by atoms with van der Waals surface area (Å²) in [5.41, 5.74) is 1.02. The molecule has 0 amide bonds. The zero-order valence-electron chi connectivity index (χ0n) is 6.94. The van der Waals surface area contributed by atoms with Gasteiger partial charge in [-0.05, 0) is 12.5 Å². The third-order valence-electron chi connectivity index (χ3n) is 1.28. The molecular formula is C10H11NO. The summed E-state index contributed by atoms with van der Waals surface area (Å²) in [5, 5.41) is 8.78. The van der Waals surface area contributed by atoms with Gasteiger partial charge in [0.2, 0.25) is 0 Å². The summed E-state index contributed by atoms with van der Waals surface area (Å²) in [6.45, 7) is 1.59. The lowest BCUT2D eigenvalue weighted by Crippen LogP contribution is -1.77. The smallest absolute Gasteiger partial charge is 0.107 e. The Morgan fingerprint density at radius 2 is 2.00 bits per heavy atom. The number of aliphatic imine (C=N–C) groups is 1. The summed E-state index contributed by atoms with van der Waals surface area (Å²) in [5.74, 6) is 0.210. The zero-order chi connectivity index (χ0) is 8.81. The molecule has 1 aromatic carbocycles. The fourth-order valence-electron chi connectivity index (χ4n) is 0.770. The highest BCUT2D eigenvalue weighted by molar-refractivity contribution is 5.79. The number of aliphatic hydroxyl groups excluding tert-OH is 1. The Morgan fingerprint density at radius 1 is 1.33 bits per heavy atom. The lowest BCUT2D eigenvalue weighted by molar-refractivity contribution is 0.412. The van der Waals surface area contributed by atoms with Gasteiger partial charge in [-0.1, -0.05) is 30.3 Å². The minimum Gasteiger partial charge on any atom is -0.511 e. The van der Waals surface area contributed by atoms with Crippen LogP contribution >= 0.6 is 0 Å². The van der Waals surface area contributed by atoms with Crippen LogP contribution in [0.3, 0.4) is 0 Å². The number of rotatable bonds is 2. The monoisotopic (exact) mass is 161 g/mol. The van der Waals surface area contributed by atoms with Gasteiger partial charge in [0.1, 0.15) is 5.76 Å². The number of nitrogens with zero attached hydrogens (tertiary/aromatic N) is 1. The summed E-state index contributed by atoms with van der Waals surface area (Å²) >= 11 is 0. The maximum Gasteiger partial charge on any atom is 0.107 e. The minimum absolute atomic E-state index is 0.210. The molecule has 1 N–H and O–H groups in total. The maximum atomic E-state index is 8.78. The van der Waals surface area contributed by atoms with Crippen molar-refractivity contribution in [2.45, 2.75) is 6.92 Å². The molecule has 0 saturated heterocycles. The van der Waals surface area contributed by atoms with Gasteiger partial charge in [-0.15, -0.1) is 0 Å². The molecule has 0 atom stereocenters. The van der Waals surface area contributed by atoms with Crippen molar-refractivity contribution in [1.29, 1.82) is 0 Å². The molecule has 0 radical (unpaired) electrons. The van der Waals surface area contributed by atoms with Crippen LogP contribution in [0, 0.1) is 0 Å². The van der Waals surface area contributed by atoms with E-state index in [-0.39, 0.29) is 5.76 Å². The van der Waals surface area contributed by atoms with Gasteiger partial charge in [0.05, 0.1) is 6.20 Å². The molecule has 0 spiro atoms. The Hall–Kier alpha value is -1.57. The third-order valence-corrected chi connectivity index (χ3v) is 1.28. The van der Waals surface area contributed by atoms with Gasteiger partial charge in [-0.2, -0.15) is 0 Å². The molecule has 0 bridgehead atoms. The van der Waals surface area contributed by atoms with E-state index in [0.29, 0.717) is 0 Å². The van der Waals surface area contributed by atoms with Gasteiger partial charge in [0.15, 0.2) is 0 Å². The van der Waals surface area contributed by atoms with Gasteiger partial charge in [0, 0.05) is 6.21 Å². The van der Waals surface area contributed by atoms with Crippen molar-refractivity contribution in [3.8, 4) is 0 Å². The van der Waals surface area contributed by atoms with E-state index in [1.165, 1.54) is 6.20 Å². The minimum atomic E-state index is 0.210. The molecule has 1 aromatic rings. The molecule has 2 nitrogen and oxygen atoms in total. The number of allylic oxidation sites excluding steroid dienone is 1. The van der Waals surface area contributed by atoms with Crippen molar-refractivity contribution < 1.29 is 5.11 Å². The van der Waals surface area contributed by atoms with Crippen molar-refractivity contribution in [3.05, 3.63) is 47.9 Å². The van der Waals surface area contributed by atoms with Crippen molar-refractivity contribution in [2.75, 3.05) is 0 Å². The van der Waals surface area contributed by atoms with Crippen molar-refractivity contribution >= 4 is 6.21 Å². The van der Waals surface area contributed by atoms with E-state index in [4.69, 9.17) is 5.11 Å². The summed E-state index contributed by atoms with van der Waals surface area (Å²) < 4.78 is 0. The quantitative estimate of drug-likeness (QED) is 0.524. The largest absolute Gasteiger partial charge is 0.511 e. The molecule has 0 heterocycles. The number of hydrogen-bond acceptors (Lipinski definition) is 2. The highest BCUT2D eigenvalue weighted by Crippen LogP contribution is 1.94. The average Bonchev–Trinajstić information content (AvgIpc) is 2.05. The first-order valence-corrected chi connectivity index (χ1v) is 3.73. The Bertz CT molecular complexity index is 284. The lowest BCUT2D eigenvalue weighted by atomic mass is 10.2. The maximum absolute atomic E-state index is 8.78. The fraction of sp³-hybridized carbons (Fsp3) is 0.100. The SMILES string of the molecule is CC(O)=CN=Cc1ccccc1.